The van der Waals surface area contributed by atoms with Crippen molar-refractivity contribution >= 4 is 27.8 Å². The fourth-order valence-electron chi connectivity index (χ4n) is 2.91. The van der Waals surface area contributed by atoms with E-state index in [0.29, 0.717) is 0 Å². The first kappa shape index (κ1) is 15.7. The van der Waals surface area contributed by atoms with Gasteiger partial charge in [0, 0.05) is 37.1 Å². The molecule has 6 nitrogen and oxygen atoms in total. The third-order valence-corrected chi connectivity index (χ3v) is 5.43. The molecule has 1 fully saturated rings. The molecular weight excluding hydrogens is 312 g/mol. The van der Waals surface area contributed by atoms with Gasteiger partial charge in [-0.25, -0.2) is 4.98 Å². The van der Waals surface area contributed by atoms with Crippen LogP contribution in [0.4, 0.5) is 16.5 Å². The lowest BCUT2D eigenvalue weighted by molar-refractivity contribution is -0.384. The zero-order chi connectivity index (χ0) is 16.6. The summed E-state index contributed by atoms with van der Waals surface area (Å²) in [5, 5.41) is 12.4. The molecule has 2 aromatic rings. The summed E-state index contributed by atoms with van der Waals surface area (Å²) >= 11 is 1.72. The van der Waals surface area contributed by atoms with Crippen LogP contribution >= 0.6 is 11.3 Å². The molecular formula is C16H20N4O2S. The van der Waals surface area contributed by atoms with E-state index in [1.54, 1.807) is 23.5 Å². The monoisotopic (exact) mass is 332 g/mol. The lowest BCUT2D eigenvalue weighted by atomic mass is 10.1. The number of hydrogen-bond acceptors (Lipinski definition) is 6. The fraction of sp³-hybridized carbons (Fsp3) is 0.438. The number of rotatable bonds is 3. The number of hydrogen-bond donors (Lipinski definition) is 0. The molecule has 122 valence electrons. The van der Waals surface area contributed by atoms with Gasteiger partial charge in [-0.1, -0.05) is 12.1 Å². The lowest BCUT2D eigenvalue weighted by Crippen LogP contribution is -2.47. The van der Waals surface area contributed by atoms with Gasteiger partial charge in [-0.3, -0.25) is 10.1 Å². The summed E-state index contributed by atoms with van der Waals surface area (Å²) in [5.74, 6) is 0. The Morgan fingerprint density at radius 3 is 2.35 bits per heavy atom. The summed E-state index contributed by atoms with van der Waals surface area (Å²) in [7, 11) is 0. The second-order valence-corrected chi connectivity index (χ2v) is 6.99. The number of nitro groups is 1. The van der Waals surface area contributed by atoms with E-state index in [2.05, 4.69) is 21.7 Å². The molecule has 1 saturated heterocycles. The highest BCUT2D eigenvalue weighted by Gasteiger charge is 2.26. The van der Waals surface area contributed by atoms with Crippen LogP contribution in [0.5, 0.6) is 0 Å². The Labute approximate surface area is 139 Å². The van der Waals surface area contributed by atoms with Crippen LogP contribution in [0.2, 0.25) is 0 Å². The number of nitrogens with zero attached hydrogens (tertiary/aromatic N) is 4. The number of aryl methyl sites for hydroxylation is 3. The molecule has 1 aromatic carbocycles. The number of nitro benzene ring substituents is 1. The molecule has 1 aliphatic heterocycles. The van der Waals surface area contributed by atoms with Crippen LogP contribution in [0.25, 0.3) is 0 Å². The molecule has 0 aliphatic carbocycles. The van der Waals surface area contributed by atoms with Gasteiger partial charge in [0.2, 0.25) is 0 Å². The van der Waals surface area contributed by atoms with E-state index in [0.717, 1.165) is 48.3 Å². The number of piperazine rings is 1. The molecule has 0 saturated carbocycles. The Hall–Kier alpha value is -2.15. The first-order chi connectivity index (χ1) is 11.0. The number of para-hydroxylation sites is 1. The van der Waals surface area contributed by atoms with Crippen LogP contribution in [-0.4, -0.2) is 36.1 Å². The molecule has 0 radical (unpaired) electrons. The maximum atomic E-state index is 11.3. The Morgan fingerprint density at radius 2 is 1.78 bits per heavy atom. The fourth-order valence-corrected chi connectivity index (χ4v) is 3.88. The molecule has 2 heterocycles. The summed E-state index contributed by atoms with van der Waals surface area (Å²) in [4.78, 5) is 21.3. The highest BCUT2D eigenvalue weighted by molar-refractivity contribution is 7.15. The van der Waals surface area contributed by atoms with Crippen LogP contribution in [0.3, 0.4) is 0 Å². The largest absolute Gasteiger partial charge is 0.362 e. The number of anilines is 2. The van der Waals surface area contributed by atoms with Crippen molar-refractivity contribution in [3.8, 4) is 0 Å². The van der Waals surface area contributed by atoms with Crippen molar-refractivity contribution < 1.29 is 4.92 Å². The second-order valence-electron chi connectivity index (χ2n) is 5.81. The molecule has 0 N–H and O–H groups in total. The Balaban J connectivity index is 1.78. The van der Waals surface area contributed by atoms with Crippen molar-refractivity contribution in [1.82, 2.24) is 4.98 Å². The molecule has 1 aromatic heterocycles. The zero-order valence-electron chi connectivity index (χ0n) is 13.6. The first-order valence-corrected chi connectivity index (χ1v) is 8.47. The van der Waals surface area contributed by atoms with E-state index in [1.165, 1.54) is 4.88 Å². The molecule has 1 aliphatic rings. The van der Waals surface area contributed by atoms with Gasteiger partial charge in [-0.05, 0) is 26.3 Å². The maximum absolute atomic E-state index is 11.3. The van der Waals surface area contributed by atoms with Gasteiger partial charge >= 0.3 is 0 Å². The van der Waals surface area contributed by atoms with Crippen molar-refractivity contribution in [3.63, 3.8) is 0 Å². The molecule has 0 amide bonds. The van der Waals surface area contributed by atoms with E-state index >= 15 is 0 Å². The molecule has 0 spiro atoms. The SMILES string of the molecule is Cc1cccc([N+](=O)[O-])c1N1CCN(c2nc(C)c(C)s2)CC1. The highest BCUT2D eigenvalue weighted by Crippen LogP contribution is 2.33. The van der Waals surface area contributed by atoms with Gasteiger partial charge in [0.15, 0.2) is 5.13 Å². The topological polar surface area (TPSA) is 62.5 Å². The third kappa shape index (κ3) is 3.01. The zero-order valence-corrected chi connectivity index (χ0v) is 14.4. The van der Waals surface area contributed by atoms with Crippen molar-refractivity contribution in [2.75, 3.05) is 36.0 Å². The van der Waals surface area contributed by atoms with Gasteiger partial charge < -0.3 is 9.80 Å². The number of aromatic nitrogens is 1. The van der Waals surface area contributed by atoms with Gasteiger partial charge in [0.1, 0.15) is 5.69 Å². The van der Waals surface area contributed by atoms with E-state index in [4.69, 9.17) is 0 Å². The summed E-state index contributed by atoms with van der Waals surface area (Å²) in [6, 6.07) is 5.26. The minimum Gasteiger partial charge on any atom is -0.362 e. The third-order valence-electron chi connectivity index (χ3n) is 4.30. The quantitative estimate of drug-likeness (QED) is 0.637. The lowest BCUT2D eigenvalue weighted by Gasteiger charge is -2.36. The molecule has 3 rings (SSSR count). The van der Waals surface area contributed by atoms with Gasteiger partial charge in [0.05, 0.1) is 10.6 Å². The van der Waals surface area contributed by atoms with Gasteiger partial charge in [-0.2, -0.15) is 0 Å². The summed E-state index contributed by atoms with van der Waals surface area (Å²) in [6.45, 7) is 9.25. The number of thiazole rings is 1. The summed E-state index contributed by atoms with van der Waals surface area (Å²) in [5.41, 5.74) is 2.98. The molecule has 7 heteroatoms. The predicted octanol–water partition coefficient (Wildman–Crippen LogP) is 3.30. The number of benzene rings is 1. The summed E-state index contributed by atoms with van der Waals surface area (Å²) < 4.78 is 0. The molecule has 23 heavy (non-hydrogen) atoms. The molecule has 0 bridgehead atoms. The van der Waals surface area contributed by atoms with Crippen molar-refractivity contribution in [1.29, 1.82) is 0 Å². The van der Waals surface area contributed by atoms with E-state index in [1.807, 2.05) is 19.9 Å². The molecule has 0 atom stereocenters. The standard InChI is InChI=1S/C16H20N4O2S/c1-11-5-4-6-14(20(21)22)15(11)18-7-9-19(10-8-18)16-17-12(2)13(3)23-16/h4-6H,7-10H2,1-3H3. The normalized spacial score (nSPS) is 15.1. The second kappa shape index (κ2) is 6.16. The highest BCUT2D eigenvalue weighted by atomic mass is 32.1. The average Bonchev–Trinajstić information content (AvgIpc) is 2.86. The average molecular weight is 332 g/mol. The van der Waals surface area contributed by atoms with Crippen molar-refractivity contribution in [3.05, 3.63) is 44.4 Å². The van der Waals surface area contributed by atoms with Crippen LogP contribution < -0.4 is 9.80 Å². The van der Waals surface area contributed by atoms with Crippen molar-refractivity contribution in [2.45, 2.75) is 20.8 Å². The van der Waals surface area contributed by atoms with Crippen LogP contribution in [0, 0.1) is 30.9 Å². The predicted molar refractivity (Wildman–Crippen MR) is 93.8 cm³/mol. The Kier molecular flexibility index (Phi) is 4.21. The van der Waals surface area contributed by atoms with Gasteiger partial charge in [0.25, 0.3) is 5.69 Å². The first-order valence-electron chi connectivity index (χ1n) is 7.65. The van der Waals surface area contributed by atoms with Crippen LogP contribution in [0.1, 0.15) is 16.1 Å². The van der Waals surface area contributed by atoms with Crippen LogP contribution in [0.15, 0.2) is 18.2 Å². The van der Waals surface area contributed by atoms with E-state index in [9.17, 15) is 10.1 Å². The van der Waals surface area contributed by atoms with Crippen LogP contribution in [-0.2, 0) is 0 Å². The van der Waals surface area contributed by atoms with E-state index in [-0.39, 0.29) is 10.6 Å². The Morgan fingerprint density at radius 1 is 1.13 bits per heavy atom. The van der Waals surface area contributed by atoms with E-state index < -0.39 is 0 Å². The van der Waals surface area contributed by atoms with Gasteiger partial charge in [-0.15, -0.1) is 11.3 Å². The minimum absolute atomic E-state index is 0.194. The maximum Gasteiger partial charge on any atom is 0.292 e. The smallest absolute Gasteiger partial charge is 0.292 e. The van der Waals surface area contributed by atoms with Crippen molar-refractivity contribution in [2.24, 2.45) is 0 Å². The summed E-state index contributed by atoms with van der Waals surface area (Å²) in [6.07, 6.45) is 0. The minimum atomic E-state index is -0.289. The molecule has 0 unspecified atom stereocenters. The Bertz CT molecular complexity index is 716.